The molecule has 1 unspecified atom stereocenters. The molecule has 0 saturated carbocycles. The predicted molar refractivity (Wildman–Crippen MR) is 111 cm³/mol. The number of hydrogen-bond donors (Lipinski definition) is 1. The van der Waals surface area contributed by atoms with Crippen molar-refractivity contribution in [3.8, 4) is 28.7 Å². The van der Waals surface area contributed by atoms with Gasteiger partial charge in [0.05, 0.1) is 35.5 Å². The van der Waals surface area contributed by atoms with Crippen molar-refractivity contribution in [3.63, 3.8) is 0 Å². The van der Waals surface area contributed by atoms with E-state index in [1.807, 2.05) is 24.3 Å². The van der Waals surface area contributed by atoms with E-state index in [0.717, 1.165) is 36.8 Å². The van der Waals surface area contributed by atoms with Gasteiger partial charge in [-0.1, -0.05) is 12.5 Å². The average molecular weight is 402 g/mol. The molecule has 0 radical (unpaired) electrons. The smallest absolute Gasteiger partial charge is 0.203 e. The Balaban J connectivity index is 2.27. The molecular weight excluding hydrogens is 372 g/mol. The first-order chi connectivity index (χ1) is 14.0. The number of aliphatic hydroxyl groups is 1. The third-order valence-corrected chi connectivity index (χ3v) is 5.70. The second kappa shape index (κ2) is 8.82. The minimum atomic E-state index is -1.22. The molecule has 0 fully saturated rings. The van der Waals surface area contributed by atoms with Gasteiger partial charge in [0, 0.05) is 5.56 Å². The second-order valence-electron chi connectivity index (χ2n) is 7.16. The van der Waals surface area contributed by atoms with Crippen molar-refractivity contribution in [3.05, 3.63) is 41.0 Å². The maximum Gasteiger partial charge on any atom is 0.203 e. The monoisotopic (exact) mass is 402 g/mol. The van der Waals surface area contributed by atoms with Gasteiger partial charge in [-0.15, -0.1) is 0 Å². The Morgan fingerprint density at radius 2 is 1.34 bits per heavy atom. The molecule has 0 bridgehead atoms. The van der Waals surface area contributed by atoms with Crippen LogP contribution in [0.15, 0.2) is 24.3 Å². The molecule has 1 aliphatic rings. The fourth-order valence-corrected chi connectivity index (χ4v) is 4.24. The van der Waals surface area contributed by atoms with Crippen LogP contribution in [0.5, 0.6) is 28.7 Å². The van der Waals surface area contributed by atoms with Crippen LogP contribution in [-0.2, 0) is 12.0 Å². The summed E-state index contributed by atoms with van der Waals surface area (Å²) in [6.45, 7) is 0. The van der Waals surface area contributed by atoms with Crippen molar-refractivity contribution in [2.24, 2.45) is 0 Å². The van der Waals surface area contributed by atoms with Crippen LogP contribution in [0, 0.1) is 0 Å². The molecule has 0 saturated heterocycles. The van der Waals surface area contributed by atoms with Gasteiger partial charge in [-0.2, -0.15) is 0 Å². The fourth-order valence-electron chi connectivity index (χ4n) is 4.24. The van der Waals surface area contributed by atoms with E-state index in [4.69, 9.17) is 23.7 Å². The normalized spacial score (nSPS) is 18.8. The molecule has 0 aliphatic heterocycles. The van der Waals surface area contributed by atoms with E-state index in [0.29, 0.717) is 40.7 Å². The van der Waals surface area contributed by atoms with Crippen LogP contribution < -0.4 is 23.7 Å². The Kier molecular flexibility index (Phi) is 6.42. The topological polar surface area (TPSA) is 66.4 Å². The van der Waals surface area contributed by atoms with Crippen LogP contribution >= 0.6 is 0 Å². The third kappa shape index (κ3) is 3.69. The van der Waals surface area contributed by atoms with E-state index in [-0.39, 0.29) is 0 Å². The number of methoxy groups -OCH3 is 5. The molecule has 2 aromatic carbocycles. The largest absolute Gasteiger partial charge is 0.493 e. The summed E-state index contributed by atoms with van der Waals surface area (Å²) >= 11 is 0. The van der Waals surface area contributed by atoms with Crippen molar-refractivity contribution in [2.75, 3.05) is 35.5 Å². The molecule has 6 nitrogen and oxygen atoms in total. The first-order valence-corrected chi connectivity index (χ1v) is 9.81. The van der Waals surface area contributed by atoms with Crippen molar-refractivity contribution in [1.82, 2.24) is 0 Å². The maximum absolute atomic E-state index is 12.0. The summed E-state index contributed by atoms with van der Waals surface area (Å²) in [5.41, 5.74) is 1.27. The molecule has 2 aromatic rings. The predicted octanol–water partition coefficient (Wildman–Crippen LogP) is 4.08. The number of benzene rings is 2. The lowest BCUT2D eigenvalue weighted by Gasteiger charge is -2.34. The Hall–Kier alpha value is -2.60. The van der Waals surface area contributed by atoms with E-state index in [9.17, 15) is 5.11 Å². The number of hydrogen-bond acceptors (Lipinski definition) is 6. The van der Waals surface area contributed by atoms with Crippen LogP contribution in [0.25, 0.3) is 0 Å². The highest BCUT2D eigenvalue weighted by atomic mass is 16.5. The van der Waals surface area contributed by atoms with Crippen LogP contribution in [0.3, 0.4) is 0 Å². The molecule has 158 valence electrons. The van der Waals surface area contributed by atoms with Gasteiger partial charge in [0.1, 0.15) is 5.60 Å². The average Bonchev–Trinajstić information content (AvgIpc) is 2.75. The number of fused-ring (bicyclic) bond motifs is 1. The molecular formula is C23H30O6. The van der Waals surface area contributed by atoms with Gasteiger partial charge in [-0.3, -0.25) is 0 Å². The number of ether oxygens (including phenoxy) is 5. The molecule has 1 N–H and O–H groups in total. The lowest BCUT2D eigenvalue weighted by Crippen LogP contribution is -2.30. The summed E-state index contributed by atoms with van der Waals surface area (Å²) in [6, 6.07) is 7.43. The van der Waals surface area contributed by atoms with Gasteiger partial charge in [0.2, 0.25) is 5.75 Å². The van der Waals surface area contributed by atoms with Crippen molar-refractivity contribution in [2.45, 2.75) is 37.7 Å². The maximum atomic E-state index is 12.0. The van der Waals surface area contributed by atoms with Gasteiger partial charge >= 0.3 is 0 Å². The molecule has 1 atom stereocenters. The Labute approximate surface area is 172 Å². The van der Waals surface area contributed by atoms with E-state index in [1.54, 1.807) is 35.5 Å². The SMILES string of the molecule is COc1cc(C2(O)CCCCCc3c2ccc(OC)c3OC)cc(OC)c1OC. The highest BCUT2D eigenvalue weighted by Gasteiger charge is 2.37. The summed E-state index contributed by atoms with van der Waals surface area (Å²) in [4.78, 5) is 0. The summed E-state index contributed by atoms with van der Waals surface area (Å²) < 4.78 is 27.7. The van der Waals surface area contributed by atoms with Gasteiger partial charge in [-0.05, 0) is 55.0 Å². The zero-order valence-corrected chi connectivity index (χ0v) is 17.8. The van der Waals surface area contributed by atoms with E-state index in [2.05, 4.69) is 0 Å². The van der Waals surface area contributed by atoms with Gasteiger partial charge in [-0.25, -0.2) is 0 Å². The molecule has 0 spiro atoms. The van der Waals surface area contributed by atoms with Gasteiger partial charge < -0.3 is 28.8 Å². The highest BCUT2D eigenvalue weighted by molar-refractivity contribution is 5.59. The van der Waals surface area contributed by atoms with Gasteiger partial charge in [0.15, 0.2) is 23.0 Å². The van der Waals surface area contributed by atoms with E-state index >= 15 is 0 Å². The molecule has 3 rings (SSSR count). The van der Waals surface area contributed by atoms with Crippen LogP contribution in [0.1, 0.15) is 42.4 Å². The highest BCUT2D eigenvalue weighted by Crippen LogP contribution is 2.48. The minimum absolute atomic E-state index is 0.501. The Morgan fingerprint density at radius 3 is 1.90 bits per heavy atom. The van der Waals surface area contributed by atoms with Crippen molar-refractivity contribution in [1.29, 1.82) is 0 Å². The van der Waals surface area contributed by atoms with E-state index < -0.39 is 5.60 Å². The van der Waals surface area contributed by atoms with Crippen LogP contribution in [0.2, 0.25) is 0 Å². The summed E-state index contributed by atoms with van der Waals surface area (Å²) in [7, 11) is 7.97. The minimum Gasteiger partial charge on any atom is -0.493 e. The van der Waals surface area contributed by atoms with Crippen molar-refractivity contribution < 1.29 is 28.8 Å². The fraction of sp³-hybridized carbons (Fsp3) is 0.478. The lowest BCUT2D eigenvalue weighted by atomic mass is 9.76. The number of rotatable bonds is 6. The van der Waals surface area contributed by atoms with Gasteiger partial charge in [0.25, 0.3) is 0 Å². The first kappa shape index (κ1) is 21.1. The molecule has 29 heavy (non-hydrogen) atoms. The Bertz CT molecular complexity index is 838. The molecule has 0 amide bonds. The first-order valence-electron chi connectivity index (χ1n) is 9.81. The van der Waals surface area contributed by atoms with Crippen LogP contribution in [0.4, 0.5) is 0 Å². The van der Waals surface area contributed by atoms with E-state index in [1.165, 1.54) is 0 Å². The third-order valence-electron chi connectivity index (χ3n) is 5.70. The molecule has 0 aromatic heterocycles. The molecule has 0 heterocycles. The Morgan fingerprint density at radius 1 is 0.724 bits per heavy atom. The lowest BCUT2D eigenvalue weighted by molar-refractivity contribution is 0.0642. The molecule has 6 heteroatoms. The zero-order chi connectivity index (χ0) is 21.0. The summed E-state index contributed by atoms with van der Waals surface area (Å²) in [6.07, 6.45) is 4.34. The van der Waals surface area contributed by atoms with Crippen LogP contribution in [-0.4, -0.2) is 40.7 Å². The standard InChI is InChI=1S/C23H30O6/c1-25-18-11-10-17-16(21(18)28-4)9-7-6-8-12-23(17,24)15-13-19(26-2)22(29-5)20(14-15)27-3/h10-11,13-14,24H,6-9,12H2,1-5H3. The summed E-state index contributed by atoms with van der Waals surface area (Å²) in [5, 5.41) is 12.0. The quantitative estimate of drug-likeness (QED) is 0.785. The second-order valence-corrected chi connectivity index (χ2v) is 7.16. The summed E-state index contributed by atoms with van der Waals surface area (Å²) in [5.74, 6) is 2.87. The zero-order valence-electron chi connectivity index (χ0n) is 17.8. The molecule has 1 aliphatic carbocycles. The van der Waals surface area contributed by atoms with Crippen molar-refractivity contribution >= 4 is 0 Å².